The lowest BCUT2D eigenvalue weighted by atomic mass is 10.1. The van der Waals surface area contributed by atoms with E-state index >= 15 is 0 Å². The van der Waals surface area contributed by atoms with Crippen molar-refractivity contribution in [2.45, 2.75) is 0 Å². The van der Waals surface area contributed by atoms with Crippen LogP contribution >= 0.6 is 11.3 Å². The first kappa shape index (κ1) is 23.0. The lowest BCUT2D eigenvalue weighted by molar-refractivity contribution is 0.662. The van der Waals surface area contributed by atoms with E-state index in [1.807, 2.05) is 60.9 Å². The Balaban J connectivity index is 1.41. The molecule has 43 heavy (non-hydrogen) atoms. The van der Waals surface area contributed by atoms with Gasteiger partial charge in [0.25, 0.3) is 0 Å². The first-order chi connectivity index (χ1) is 21.3. The third-order valence-corrected chi connectivity index (χ3v) is 9.50. The third-order valence-electron chi connectivity index (χ3n) is 8.30. The molecule has 6 nitrogen and oxygen atoms in total. The Kier molecular flexibility index (Phi) is 4.51. The predicted molar refractivity (Wildman–Crippen MR) is 175 cm³/mol. The fourth-order valence-electron chi connectivity index (χ4n) is 6.38. The van der Waals surface area contributed by atoms with E-state index in [0.29, 0.717) is 17.2 Å². The zero-order valence-corrected chi connectivity index (χ0v) is 23.3. The van der Waals surface area contributed by atoms with E-state index in [0.717, 1.165) is 65.0 Å². The molecule has 4 aromatic carbocycles. The van der Waals surface area contributed by atoms with Gasteiger partial charge < -0.3 is 4.42 Å². The van der Waals surface area contributed by atoms with Crippen LogP contribution in [0.2, 0.25) is 0 Å². The van der Waals surface area contributed by atoms with Crippen LogP contribution in [0, 0.1) is 0 Å². The average Bonchev–Trinajstić information content (AvgIpc) is 3.74. The second-order valence-corrected chi connectivity index (χ2v) is 11.7. The van der Waals surface area contributed by atoms with Crippen molar-refractivity contribution < 1.29 is 4.42 Å². The predicted octanol–water partition coefficient (Wildman–Crippen LogP) is 9.45. The second kappa shape index (κ2) is 8.44. The monoisotopic (exact) mass is 569 g/mol. The molecule has 0 spiro atoms. The van der Waals surface area contributed by atoms with Crippen molar-refractivity contribution in [3.8, 4) is 17.2 Å². The van der Waals surface area contributed by atoms with Crippen LogP contribution in [0.25, 0.3) is 92.3 Å². The highest BCUT2D eigenvalue weighted by atomic mass is 32.1. The number of nitrogens with zero attached hydrogens (tertiary/aromatic N) is 5. The van der Waals surface area contributed by atoms with Crippen LogP contribution < -0.4 is 0 Å². The molecule has 6 heterocycles. The Bertz CT molecular complexity index is 2740. The summed E-state index contributed by atoms with van der Waals surface area (Å²) in [5.41, 5.74) is 6.80. The Morgan fingerprint density at radius 1 is 0.581 bits per heavy atom. The number of hydrogen-bond donors (Lipinski definition) is 0. The van der Waals surface area contributed by atoms with Gasteiger partial charge in [-0.3, -0.25) is 14.5 Å². The molecule has 10 aromatic rings. The Morgan fingerprint density at radius 3 is 2.21 bits per heavy atom. The molecule has 0 aliphatic rings. The Morgan fingerprint density at radius 2 is 1.30 bits per heavy atom. The number of rotatable bonds is 2. The van der Waals surface area contributed by atoms with Crippen LogP contribution in [0.15, 0.2) is 120 Å². The van der Waals surface area contributed by atoms with E-state index in [1.54, 1.807) is 11.3 Å². The van der Waals surface area contributed by atoms with Gasteiger partial charge in [0.05, 0.1) is 15.7 Å². The smallest absolute Gasteiger partial charge is 0.197 e. The standard InChI is InChI=1S/C36H19N5OS/c1-2-10-20(11-3-1)35-39-29-23-14-5-8-16-27(23)42-33(29)36(40-35)41-26-15-7-4-12-21(26)24-18-38-31-30(32(24)41)37-19-25-22-13-6-9-17-28(22)43-34(25)31/h1-19H. The first-order valence-electron chi connectivity index (χ1n) is 14.1. The van der Waals surface area contributed by atoms with Gasteiger partial charge in [-0.05, 0) is 24.3 Å². The second-order valence-electron chi connectivity index (χ2n) is 10.7. The molecule has 0 bridgehead atoms. The van der Waals surface area contributed by atoms with E-state index in [1.165, 1.54) is 10.1 Å². The molecule has 0 saturated heterocycles. The SMILES string of the molecule is c1ccc(-c2nc(-n3c4ccccc4c4cnc5c(ncc6c7ccccc7sc65)c43)c3oc4ccccc4c3n2)cc1. The van der Waals surface area contributed by atoms with Crippen LogP contribution in [0.3, 0.4) is 0 Å². The topological polar surface area (TPSA) is 69.6 Å². The Labute approximate surface area is 247 Å². The zero-order valence-electron chi connectivity index (χ0n) is 22.5. The van der Waals surface area contributed by atoms with Gasteiger partial charge in [-0.25, -0.2) is 9.97 Å². The third kappa shape index (κ3) is 3.11. The van der Waals surface area contributed by atoms with Gasteiger partial charge in [-0.2, -0.15) is 0 Å². The number of benzene rings is 4. The normalized spacial score (nSPS) is 12.2. The molecule has 0 radical (unpaired) electrons. The largest absolute Gasteiger partial charge is 0.450 e. The minimum Gasteiger partial charge on any atom is -0.450 e. The number of para-hydroxylation sites is 2. The summed E-state index contributed by atoms with van der Waals surface area (Å²) in [6, 6.07) is 35.0. The van der Waals surface area contributed by atoms with Crippen molar-refractivity contribution in [1.29, 1.82) is 0 Å². The van der Waals surface area contributed by atoms with Gasteiger partial charge in [0.2, 0.25) is 0 Å². The molecule has 0 fully saturated rings. The summed E-state index contributed by atoms with van der Waals surface area (Å²) in [5.74, 6) is 1.32. The molecule has 0 saturated carbocycles. The molecule has 0 N–H and O–H groups in total. The van der Waals surface area contributed by atoms with Gasteiger partial charge >= 0.3 is 0 Å². The van der Waals surface area contributed by atoms with Crippen LogP contribution in [-0.4, -0.2) is 24.5 Å². The summed E-state index contributed by atoms with van der Waals surface area (Å²) in [4.78, 5) is 20.4. The fraction of sp³-hybridized carbons (Fsp3) is 0. The molecule has 6 aromatic heterocycles. The van der Waals surface area contributed by atoms with Crippen molar-refractivity contribution in [1.82, 2.24) is 24.5 Å². The van der Waals surface area contributed by atoms with Gasteiger partial charge in [-0.1, -0.05) is 78.9 Å². The van der Waals surface area contributed by atoms with Crippen LogP contribution in [0.1, 0.15) is 0 Å². The van der Waals surface area contributed by atoms with E-state index < -0.39 is 0 Å². The highest BCUT2D eigenvalue weighted by Crippen LogP contribution is 2.42. The van der Waals surface area contributed by atoms with Crippen molar-refractivity contribution >= 4 is 86.4 Å². The van der Waals surface area contributed by atoms with E-state index in [-0.39, 0.29) is 0 Å². The zero-order chi connectivity index (χ0) is 28.1. The van der Waals surface area contributed by atoms with Crippen LogP contribution in [-0.2, 0) is 0 Å². The fourth-order valence-corrected chi connectivity index (χ4v) is 7.56. The highest BCUT2D eigenvalue weighted by molar-refractivity contribution is 7.26. The summed E-state index contributed by atoms with van der Waals surface area (Å²) < 4.78 is 11.1. The van der Waals surface area contributed by atoms with E-state index in [4.69, 9.17) is 24.4 Å². The number of pyridine rings is 2. The maximum atomic E-state index is 6.54. The summed E-state index contributed by atoms with van der Waals surface area (Å²) in [7, 11) is 0. The number of furan rings is 1. The summed E-state index contributed by atoms with van der Waals surface area (Å²) in [5, 5.41) is 5.37. The number of hydrogen-bond acceptors (Lipinski definition) is 6. The number of thiophene rings is 1. The molecule has 0 atom stereocenters. The molecular weight excluding hydrogens is 550 g/mol. The maximum absolute atomic E-state index is 6.54. The maximum Gasteiger partial charge on any atom is 0.197 e. The molecule has 0 unspecified atom stereocenters. The molecule has 7 heteroatoms. The summed E-state index contributed by atoms with van der Waals surface area (Å²) in [6.07, 6.45) is 3.98. The molecule has 200 valence electrons. The summed E-state index contributed by atoms with van der Waals surface area (Å²) >= 11 is 1.76. The van der Waals surface area contributed by atoms with Crippen molar-refractivity contribution in [3.63, 3.8) is 0 Å². The average molecular weight is 570 g/mol. The lowest BCUT2D eigenvalue weighted by Gasteiger charge is -2.11. The van der Waals surface area contributed by atoms with Gasteiger partial charge in [0.15, 0.2) is 17.2 Å². The van der Waals surface area contributed by atoms with Crippen LogP contribution in [0.4, 0.5) is 0 Å². The molecule has 10 rings (SSSR count). The Hall–Kier alpha value is -5.66. The lowest BCUT2D eigenvalue weighted by Crippen LogP contribution is -2.02. The van der Waals surface area contributed by atoms with E-state index in [2.05, 4.69) is 59.2 Å². The van der Waals surface area contributed by atoms with Crippen LogP contribution in [0.5, 0.6) is 0 Å². The molecule has 0 aliphatic carbocycles. The summed E-state index contributed by atoms with van der Waals surface area (Å²) in [6.45, 7) is 0. The molecule has 0 amide bonds. The number of aromatic nitrogens is 5. The quantitative estimate of drug-likeness (QED) is 0.207. The van der Waals surface area contributed by atoms with Crippen molar-refractivity contribution in [2.24, 2.45) is 0 Å². The van der Waals surface area contributed by atoms with Gasteiger partial charge in [-0.15, -0.1) is 11.3 Å². The minimum atomic E-state index is 0.636. The number of fused-ring (bicyclic) bond motifs is 12. The molecular formula is C36H19N5OS. The van der Waals surface area contributed by atoms with E-state index in [9.17, 15) is 0 Å². The highest BCUT2D eigenvalue weighted by Gasteiger charge is 2.24. The van der Waals surface area contributed by atoms with Gasteiger partial charge in [0.1, 0.15) is 22.1 Å². The molecule has 0 aliphatic heterocycles. The van der Waals surface area contributed by atoms with Crippen molar-refractivity contribution in [2.75, 3.05) is 0 Å². The van der Waals surface area contributed by atoms with Gasteiger partial charge in [0, 0.05) is 49.6 Å². The minimum absolute atomic E-state index is 0.636. The van der Waals surface area contributed by atoms with Crippen molar-refractivity contribution in [3.05, 3.63) is 116 Å². The first-order valence-corrected chi connectivity index (χ1v) is 14.9.